The van der Waals surface area contributed by atoms with Crippen molar-refractivity contribution in [1.82, 2.24) is 10.1 Å². The third kappa shape index (κ3) is 4.07. The lowest BCUT2D eigenvalue weighted by Crippen LogP contribution is -2.12. The number of aryl methyl sites for hydroxylation is 2. The van der Waals surface area contributed by atoms with E-state index in [0.717, 1.165) is 17.7 Å². The average Bonchev–Trinajstić information content (AvgIpc) is 3.10. The van der Waals surface area contributed by atoms with E-state index in [4.69, 9.17) is 4.52 Å². The lowest BCUT2D eigenvalue weighted by atomic mass is 10.1. The van der Waals surface area contributed by atoms with Gasteiger partial charge in [-0.05, 0) is 24.1 Å². The van der Waals surface area contributed by atoms with Gasteiger partial charge in [0.15, 0.2) is 0 Å². The molecule has 0 unspecified atom stereocenters. The third-order valence-corrected chi connectivity index (χ3v) is 3.68. The normalized spacial score (nSPS) is 10.5. The summed E-state index contributed by atoms with van der Waals surface area (Å²) in [5.41, 5.74) is 2.90. The van der Waals surface area contributed by atoms with E-state index < -0.39 is 0 Å². The van der Waals surface area contributed by atoms with Crippen LogP contribution in [0, 0.1) is 0 Å². The number of amides is 1. The predicted molar refractivity (Wildman–Crippen MR) is 92.5 cm³/mol. The van der Waals surface area contributed by atoms with Crippen molar-refractivity contribution in [2.45, 2.75) is 26.2 Å². The second kappa shape index (κ2) is 7.55. The minimum atomic E-state index is -0.0669. The number of hydrogen-bond acceptors (Lipinski definition) is 4. The van der Waals surface area contributed by atoms with Crippen LogP contribution < -0.4 is 5.32 Å². The molecule has 3 rings (SSSR count). The molecule has 5 nitrogen and oxygen atoms in total. The number of hydrogen-bond donors (Lipinski definition) is 1. The number of aromatic nitrogens is 2. The molecule has 3 aromatic rings. The molecular formula is C19H19N3O2. The number of rotatable bonds is 6. The summed E-state index contributed by atoms with van der Waals surface area (Å²) in [5.74, 6) is 0.940. The van der Waals surface area contributed by atoms with Crippen molar-refractivity contribution in [2.24, 2.45) is 0 Å². The Morgan fingerprint density at radius 1 is 1.12 bits per heavy atom. The van der Waals surface area contributed by atoms with Gasteiger partial charge in [0.1, 0.15) is 0 Å². The second-order valence-electron chi connectivity index (χ2n) is 5.48. The number of carbonyl (C=O) groups is 1. The van der Waals surface area contributed by atoms with E-state index in [1.54, 1.807) is 0 Å². The molecule has 0 atom stereocenters. The first-order valence-electron chi connectivity index (χ1n) is 8.01. The molecule has 0 bridgehead atoms. The minimum Gasteiger partial charge on any atom is -0.339 e. The van der Waals surface area contributed by atoms with Crippen molar-refractivity contribution in [1.29, 1.82) is 0 Å². The summed E-state index contributed by atoms with van der Waals surface area (Å²) < 4.78 is 5.22. The molecule has 0 aliphatic rings. The van der Waals surface area contributed by atoms with Gasteiger partial charge in [-0.1, -0.05) is 54.5 Å². The van der Waals surface area contributed by atoms with Crippen molar-refractivity contribution >= 4 is 11.6 Å². The van der Waals surface area contributed by atoms with Crippen LogP contribution in [0.15, 0.2) is 59.1 Å². The zero-order valence-electron chi connectivity index (χ0n) is 13.5. The Balaban J connectivity index is 1.56. The largest absolute Gasteiger partial charge is 0.339 e. The highest BCUT2D eigenvalue weighted by Gasteiger charge is 2.10. The quantitative estimate of drug-likeness (QED) is 0.748. The summed E-state index contributed by atoms with van der Waals surface area (Å²) in [4.78, 5) is 16.4. The first-order chi connectivity index (χ1) is 11.7. The molecule has 122 valence electrons. The molecular weight excluding hydrogens is 302 g/mol. The van der Waals surface area contributed by atoms with Gasteiger partial charge in [-0.2, -0.15) is 4.98 Å². The van der Waals surface area contributed by atoms with Crippen LogP contribution in [0.25, 0.3) is 11.4 Å². The Labute approximate surface area is 140 Å². The number of benzene rings is 2. The second-order valence-corrected chi connectivity index (χ2v) is 5.48. The molecule has 24 heavy (non-hydrogen) atoms. The predicted octanol–water partition coefficient (Wildman–Crippen LogP) is 3.87. The van der Waals surface area contributed by atoms with E-state index in [9.17, 15) is 4.79 Å². The lowest BCUT2D eigenvalue weighted by Gasteiger charge is -2.05. The third-order valence-electron chi connectivity index (χ3n) is 3.68. The summed E-state index contributed by atoms with van der Waals surface area (Å²) in [6, 6.07) is 17.5. The number of nitrogens with zero attached hydrogens (tertiary/aromatic N) is 2. The highest BCUT2D eigenvalue weighted by molar-refractivity contribution is 5.90. The van der Waals surface area contributed by atoms with Gasteiger partial charge in [0.05, 0.1) is 0 Å². The van der Waals surface area contributed by atoms with E-state index in [1.165, 1.54) is 5.56 Å². The van der Waals surface area contributed by atoms with Gasteiger partial charge in [-0.25, -0.2) is 0 Å². The monoisotopic (exact) mass is 321 g/mol. The Kier molecular flexibility index (Phi) is 5.01. The molecule has 1 aromatic heterocycles. The SMILES string of the molecule is CCc1cccc(NC(=O)CCc2nc(-c3ccccc3)no2)c1. The van der Waals surface area contributed by atoms with E-state index in [2.05, 4.69) is 22.4 Å². The molecule has 2 aromatic carbocycles. The standard InChI is InChI=1S/C19H19N3O2/c1-2-14-7-6-10-16(13-14)20-17(23)11-12-18-21-19(22-24-18)15-8-4-3-5-9-15/h3-10,13H,2,11-12H2,1H3,(H,20,23). The summed E-state index contributed by atoms with van der Waals surface area (Å²) >= 11 is 0. The van der Waals surface area contributed by atoms with E-state index in [0.29, 0.717) is 24.6 Å². The summed E-state index contributed by atoms with van der Waals surface area (Å²) in [7, 11) is 0. The smallest absolute Gasteiger partial charge is 0.227 e. The first kappa shape index (κ1) is 15.9. The van der Waals surface area contributed by atoms with Crippen LogP contribution in [0.4, 0.5) is 5.69 Å². The van der Waals surface area contributed by atoms with Crippen molar-refractivity contribution in [3.05, 3.63) is 66.1 Å². The van der Waals surface area contributed by atoms with Crippen molar-refractivity contribution in [3.63, 3.8) is 0 Å². The molecule has 0 radical (unpaired) electrons. The Bertz CT molecular complexity index is 812. The zero-order chi connectivity index (χ0) is 16.8. The lowest BCUT2D eigenvalue weighted by molar-refractivity contribution is -0.116. The number of nitrogens with one attached hydrogen (secondary N) is 1. The van der Waals surface area contributed by atoms with Gasteiger partial charge in [0.25, 0.3) is 0 Å². The molecule has 1 heterocycles. The van der Waals surface area contributed by atoms with Crippen LogP contribution in [0.2, 0.25) is 0 Å². The fourth-order valence-electron chi connectivity index (χ4n) is 2.37. The van der Waals surface area contributed by atoms with Gasteiger partial charge >= 0.3 is 0 Å². The maximum absolute atomic E-state index is 12.1. The number of carbonyl (C=O) groups excluding carboxylic acids is 1. The molecule has 0 aliphatic heterocycles. The Morgan fingerprint density at radius 2 is 1.96 bits per heavy atom. The van der Waals surface area contributed by atoms with E-state index in [-0.39, 0.29) is 5.91 Å². The highest BCUT2D eigenvalue weighted by atomic mass is 16.5. The molecule has 0 saturated heterocycles. The molecule has 0 aliphatic carbocycles. The summed E-state index contributed by atoms with van der Waals surface area (Å²) in [6.45, 7) is 2.08. The van der Waals surface area contributed by atoms with Gasteiger partial charge in [-0.3, -0.25) is 4.79 Å². The fraction of sp³-hybridized carbons (Fsp3) is 0.211. The maximum atomic E-state index is 12.1. The zero-order valence-corrected chi connectivity index (χ0v) is 13.5. The van der Waals surface area contributed by atoms with E-state index >= 15 is 0 Å². The summed E-state index contributed by atoms with van der Waals surface area (Å²) in [5, 5.41) is 6.85. The molecule has 1 N–H and O–H groups in total. The van der Waals surface area contributed by atoms with Crippen molar-refractivity contribution in [2.75, 3.05) is 5.32 Å². The van der Waals surface area contributed by atoms with Gasteiger partial charge in [0, 0.05) is 24.1 Å². The number of anilines is 1. The van der Waals surface area contributed by atoms with Gasteiger partial charge in [-0.15, -0.1) is 0 Å². The van der Waals surface area contributed by atoms with Crippen LogP contribution in [-0.2, 0) is 17.6 Å². The molecule has 0 spiro atoms. The topological polar surface area (TPSA) is 68.0 Å². The van der Waals surface area contributed by atoms with Crippen LogP contribution in [0.3, 0.4) is 0 Å². The van der Waals surface area contributed by atoms with Crippen LogP contribution in [-0.4, -0.2) is 16.0 Å². The fourth-order valence-corrected chi connectivity index (χ4v) is 2.37. The highest BCUT2D eigenvalue weighted by Crippen LogP contribution is 2.16. The first-order valence-corrected chi connectivity index (χ1v) is 8.01. The van der Waals surface area contributed by atoms with E-state index in [1.807, 2.05) is 54.6 Å². The van der Waals surface area contributed by atoms with Crippen LogP contribution >= 0.6 is 0 Å². The van der Waals surface area contributed by atoms with Crippen LogP contribution in [0.1, 0.15) is 24.8 Å². The van der Waals surface area contributed by atoms with Crippen molar-refractivity contribution in [3.8, 4) is 11.4 Å². The maximum Gasteiger partial charge on any atom is 0.227 e. The molecule has 0 saturated carbocycles. The Hall–Kier alpha value is -2.95. The molecule has 5 heteroatoms. The van der Waals surface area contributed by atoms with Gasteiger partial charge in [0.2, 0.25) is 17.6 Å². The molecule has 1 amide bonds. The minimum absolute atomic E-state index is 0.0669. The van der Waals surface area contributed by atoms with Crippen LogP contribution in [0.5, 0.6) is 0 Å². The van der Waals surface area contributed by atoms with Crippen molar-refractivity contribution < 1.29 is 9.32 Å². The average molecular weight is 321 g/mol. The van der Waals surface area contributed by atoms with Gasteiger partial charge < -0.3 is 9.84 Å². The molecule has 0 fully saturated rings. The summed E-state index contributed by atoms with van der Waals surface area (Å²) in [6.07, 6.45) is 1.65. The Morgan fingerprint density at radius 3 is 2.75 bits per heavy atom.